The number of carbonyl (C=O) groups is 2. The second-order valence-electron chi connectivity index (χ2n) is 6.72. The summed E-state index contributed by atoms with van der Waals surface area (Å²) in [6.07, 6.45) is 2.13. The van der Waals surface area contributed by atoms with E-state index in [1.165, 1.54) is 5.56 Å². The lowest BCUT2D eigenvalue weighted by molar-refractivity contribution is -0.124. The molecule has 1 fully saturated rings. The van der Waals surface area contributed by atoms with E-state index in [9.17, 15) is 9.59 Å². The highest BCUT2D eigenvalue weighted by Crippen LogP contribution is 2.35. The standard InChI is InChI=1S/C20H18Cl2N2O2/c21-15-7-8-18(16(22)11-15)24-12-14(10-19(24)25)20(26)23-9-3-5-13-4-1-2-6-17(13)23/h1-2,4,6-8,11,14H,3,5,9-10,12H2. The van der Waals surface area contributed by atoms with Gasteiger partial charge in [-0.25, -0.2) is 0 Å². The van der Waals surface area contributed by atoms with E-state index in [1.54, 1.807) is 23.1 Å². The zero-order valence-electron chi connectivity index (χ0n) is 14.1. The monoisotopic (exact) mass is 388 g/mol. The molecule has 1 saturated heterocycles. The van der Waals surface area contributed by atoms with Crippen LogP contribution in [0.15, 0.2) is 42.5 Å². The van der Waals surface area contributed by atoms with Gasteiger partial charge in [-0.15, -0.1) is 0 Å². The molecule has 4 rings (SSSR count). The lowest BCUT2D eigenvalue weighted by Gasteiger charge is -2.31. The quantitative estimate of drug-likeness (QED) is 0.768. The smallest absolute Gasteiger partial charge is 0.232 e. The van der Waals surface area contributed by atoms with Crippen molar-refractivity contribution in [3.63, 3.8) is 0 Å². The van der Waals surface area contributed by atoms with Crippen molar-refractivity contribution < 1.29 is 9.59 Å². The molecule has 0 radical (unpaired) electrons. The molecular weight excluding hydrogens is 371 g/mol. The molecule has 2 aliphatic heterocycles. The first kappa shape index (κ1) is 17.4. The summed E-state index contributed by atoms with van der Waals surface area (Å²) in [5, 5.41) is 0.935. The van der Waals surface area contributed by atoms with Gasteiger partial charge >= 0.3 is 0 Å². The summed E-state index contributed by atoms with van der Waals surface area (Å²) in [4.78, 5) is 29.1. The summed E-state index contributed by atoms with van der Waals surface area (Å²) >= 11 is 12.2. The fraction of sp³-hybridized carbons (Fsp3) is 0.300. The molecule has 0 bridgehead atoms. The molecule has 1 unspecified atom stereocenters. The van der Waals surface area contributed by atoms with E-state index in [2.05, 4.69) is 6.07 Å². The third-order valence-corrected chi connectivity index (χ3v) is 5.59. The largest absolute Gasteiger partial charge is 0.312 e. The Labute approximate surface area is 162 Å². The van der Waals surface area contributed by atoms with Crippen molar-refractivity contribution >= 4 is 46.4 Å². The Morgan fingerprint density at radius 1 is 1.08 bits per heavy atom. The van der Waals surface area contributed by atoms with Gasteiger partial charge in [0.15, 0.2) is 0 Å². The Bertz CT molecular complexity index is 884. The fourth-order valence-electron chi connectivity index (χ4n) is 3.79. The third kappa shape index (κ3) is 3.08. The molecule has 0 spiro atoms. The molecule has 6 heteroatoms. The molecule has 0 saturated carbocycles. The zero-order valence-corrected chi connectivity index (χ0v) is 15.6. The first-order chi connectivity index (χ1) is 12.5. The van der Waals surface area contributed by atoms with E-state index in [1.807, 2.05) is 23.1 Å². The van der Waals surface area contributed by atoms with Crippen LogP contribution in [0.1, 0.15) is 18.4 Å². The molecule has 2 aromatic rings. The summed E-state index contributed by atoms with van der Waals surface area (Å²) in [5.41, 5.74) is 2.77. The minimum Gasteiger partial charge on any atom is -0.312 e. The summed E-state index contributed by atoms with van der Waals surface area (Å²) in [7, 11) is 0. The molecule has 0 aromatic heterocycles. The Morgan fingerprint density at radius 3 is 2.69 bits per heavy atom. The number of hydrogen-bond donors (Lipinski definition) is 0. The van der Waals surface area contributed by atoms with Crippen LogP contribution in [-0.2, 0) is 16.0 Å². The Morgan fingerprint density at radius 2 is 1.88 bits per heavy atom. The van der Waals surface area contributed by atoms with Crippen molar-refractivity contribution in [3.8, 4) is 0 Å². The Hall–Kier alpha value is -2.04. The molecular formula is C20H18Cl2N2O2. The van der Waals surface area contributed by atoms with Gasteiger partial charge in [0.2, 0.25) is 11.8 Å². The van der Waals surface area contributed by atoms with Gasteiger partial charge in [-0.1, -0.05) is 41.4 Å². The predicted octanol–water partition coefficient (Wildman–Crippen LogP) is 4.33. The van der Waals surface area contributed by atoms with Crippen LogP contribution in [0, 0.1) is 5.92 Å². The third-order valence-electron chi connectivity index (χ3n) is 5.05. The minimum absolute atomic E-state index is 0.0121. The zero-order chi connectivity index (χ0) is 18.3. The summed E-state index contributed by atoms with van der Waals surface area (Å²) in [6, 6.07) is 13.0. The van der Waals surface area contributed by atoms with Gasteiger partial charge in [0.05, 0.1) is 16.6 Å². The first-order valence-corrected chi connectivity index (χ1v) is 9.45. The number of anilines is 2. The maximum Gasteiger partial charge on any atom is 0.232 e. The number of hydrogen-bond acceptors (Lipinski definition) is 2. The SMILES string of the molecule is O=C1CC(C(=O)N2CCCc3ccccc32)CN1c1ccc(Cl)cc1Cl. The van der Waals surface area contributed by atoms with Crippen molar-refractivity contribution in [2.45, 2.75) is 19.3 Å². The van der Waals surface area contributed by atoms with Gasteiger partial charge in [0, 0.05) is 30.2 Å². The maximum absolute atomic E-state index is 13.1. The van der Waals surface area contributed by atoms with E-state index in [4.69, 9.17) is 23.2 Å². The summed E-state index contributed by atoms with van der Waals surface area (Å²) in [5.74, 6) is -0.434. The molecule has 2 heterocycles. The van der Waals surface area contributed by atoms with Crippen molar-refractivity contribution in [2.24, 2.45) is 5.92 Å². The molecule has 2 aromatic carbocycles. The second-order valence-corrected chi connectivity index (χ2v) is 7.57. The first-order valence-electron chi connectivity index (χ1n) is 8.69. The van der Waals surface area contributed by atoms with Crippen molar-refractivity contribution in [3.05, 3.63) is 58.1 Å². The van der Waals surface area contributed by atoms with E-state index in [0.717, 1.165) is 18.5 Å². The van der Waals surface area contributed by atoms with Crippen LogP contribution in [-0.4, -0.2) is 24.9 Å². The van der Waals surface area contributed by atoms with Crippen LogP contribution in [0.25, 0.3) is 0 Å². The van der Waals surface area contributed by atoms with Gasteiger partial charge in [0.25, 0.3) is 0 Å². The van der Waals surface area contributed by atoms with E-state index in [0.29, 0.717) is 28.8 Å². The molecule has 4 nitrogen and oxygen atoms in total. The maximum atomic E-state index is 13.1. The van der Waals surface area contributed by atoms with Crippen LogP contribution in [0.5, 0.6) is 0 Å². The van der Waals surface area contributed by atoms with E-state index >= 15 is 0 Å². The van der Waals surface area contributed by atoms with Gasteiger partial charge in [-0.3, -0.25) is 9.59 Å². The number of fused-ring (bicyclic) bond motifs is 1. The van der Waals surface area contributed by atoms with Crippen LogP contribution < -0.4 is 9.80 Å². The Kier molecular flexibility index (Phi) is 4.63. The van der Waals surface area contributed by atoms with Gasteiger partial charge < -0.3 is 9.80 Å². The number of benzene rings is 2. The number of amides is 2. The van der Waals surface area contributed by atoms with Crippen molar-refractivity contribution in [2.75, 3.05) is 22.9 Å². The molecule has 2 aliphatic rings. The molecule has 1 atom stereocenters. The highest BCUT2D eigenvalue weighted by molar-refractivity contribution is 6.36. The predicted molar refractivity (Wildman–Crippen MR) is 104 cm³/mol. The average Bonchev–Trinajstić information content (AvgIpc) is 3.02. The molecule has 0 N–H and O–H groups in total. The average molecular weight is 389 g/mol. The van der Waals surface area contributed by atoms with Gasteiger partial charge in [-0.2, -0.15) is 0 Å². The second kappa shape index (κ2) is 6.93. The Balaban J connectivity index is 1.57. The summed E-state index contributed by atoms with van der Waals surface area (Å²) < 4.78 is 0. The van der Waals surface area contributed by atoms with Crippen LogP contribution in [0.3, 0.4) is 0 Å². The molecule has 2 amide bonds. The lowest BCUT2D eigenvalue weighted by atomic mass is 9.99. The normalized spacial score (nSPS) is 19.6. The van der Waals surface area contributed by atoms with E-state index < -0.39 is 0 Å². The molecule has 134 valence electrons. The van der Waals surface area contributed by atoms with Crippen molar-refractivity contribution in [1.82, 2.24) is 0 Å². The van der Waals surface area contributed by atoms with Crippen LogP contribution in [0.4, 0.5) is 11.4 Å². The number of nitrogens with zero attached hydrogens (tertiary/aromatic N) is 2. The van der Waals surface area contributed by atoms with E-state index in [-0.39, 0.29) is 24.2 Å². The highest BCUT2D eigenvalue weighted by Gasteiger charge is 2.39. The van der Waals surface area contributed by atoms with Crippen molar-refractivity contribution in [1.29, 1.82) is 0 Å². The topological polar surface area (TPSA) is 40.6 Å². The lowest BCUT2D eigenvalue weighted by Crippen LogP contribution is -2.40. The molecule has 26 heavy (non-hydrogen) atoms. The van der Waals surface area contributed by atoms with Crippen LogP contribution in [0.2, 0.25) is 10.0 Å². The minimum atomic E-state index is -0.361. The fourth-order valence-corrected chi connectivity index (χ4v) is 4.30. The number of halogens is 2. The number of rotatable bonds is 2. The number of para-hydroxylation sites is 1. The highest BCUT2D eigenvalue weighted by atomic mass is 35.5. The number of aryl methyl sites for hydroxylation is 1. The van der Waals surface area contributed by atoms with Gasteiger partial charge in [0.1, 0.15) is 0 Å². The summed E-state index contributed by atoms with van der Waals surface area (Å²) in [6.45, 7) is 1.04. The molecule has 0 aliphatic carbocycles. The van der Waals surface area contributed by atoms with Crippen LogP contribution >= 0.6 is 23.2 Å². The van der Waals surface area contributed by atoms with Gasteiger partial charge in [-0.05, 0) is 42.7 Å². The number of carbonyl (C=O) groups excluding carboxylic acids is 2.